The van der Waals surface area contributed by atoms with Gasteiger partial charge in [0, 0.05) is 18.8 Å². The third-order valence-corrected chi connectivity index (χ3v) is 3.30. The molecule has 0 bridgehead atoms. The molecular weight excluding hydrogens is 218 g/mol. The summed E-state index contributed by atoms with van der Waals surface area (Å²) in [6.07, 6.45) is 4.86. The lowest BCUT2D eigenvalue weighted by molar-refractivity contribution is 1.27. The molecule has 1 aliphatic heterocycles. The van der Waals surface area contributed by atoms with Crippen molar-refractivity contribution in [2.24, 2.45) is 4.99 Å². The van der Waals surface area contributed by atoms with Crippen molar-refractivity contribution in [2.75, 3.05) is 0 Å². The maximum atomic E-state index is 4.41. The van der Waals surface area contributed by atoms with E-state index in [1.165, 1.54) is 27.8 Å². The zero-order chi connectivity index (χ0) is 12.4. The molecule has 0 atom stereocenters. The van der Waals surface area contributed by atoms with Gasteiger partial charge >= 0.3 is 0 Å². The van der Waals surface area contributed by atoms with Crippen molar-refractivity contribution >= 4 is 11.8 Å². The Balaban J connectivity index is 1.99. The number of fused-ring (bicyclic) bond motifs is 1. The van der Waals surface area contributed by atoms with Gasteiger partial charge in [-0.3, -0.25) is 4.99 Å². The van der Waals surface area contributed by atoms with Crippen LogP contribution in [0.4, 0.5) is 0 Å². The van der Waals surface area contributed by atoms with Gasteiger partial charge in [0.25, 0.3) is 0 Å². The number of nitrogens with zero attached hydrogens (tertiary/aromatic N) is 1. The van der Waals surface area contributed by atoms with Gasteiger partial charge in [-0.2, -0.15) is 0 Å². The number of aliphatic imine (C=N–C) groups is 1. The number of hydrogen-bond donors (Lipinski definition) is 0. The fourth-order valence-electron chi connectivity index (χ4n) is 2.22. The predicted molar refractivity (Wildman–Crippen MR) is 76.9 cm³/mol. The van der Waals surface area contributed by atoms with Crippen LogP contribution in [-0.2, 0) is 6.42 Å². The number of aryl methyl sites for hydroxylation is 1. The van der Waals surface area contributed by atoms with Crippen molar-refractivity contribution in [1.82, 2.24) is 0 Å². The first-order valence-corrected chi connectivity index (χ1v) is 6.20. The summed E-state index contributed by atoms with van der Waals surface area (Å²) < 4.78 is 0. The SMILES string of the molecule is Cc1ccc(C2=CN=Cc3ccccc3C2)cc1. The second kappa shape index (κ2) is 4.61. The molecule has 0 N–H and O–H groups in total. The zero-order valence-electron chi connectivity index (χ0n) is 10.4. The Labute approximate surface area is 108 Å². The quantitative estimate of drug-likeness (QED) is 0.705. The Morgan fingerprint density at radius 2 is 1.72 bits per heavy atom. The molecule has 1 nitrogen and oxygen atoms in total. The lowest BCUT2D eigenvalue weighted by Gasteiger charge is -2.08. The molecule has 1 heterocycles. The highest BCUT2D eigenvalue weighted by molar-refractivity contribution is 5.86. The maximum absolute atomic E-state index is 4.41. The molecule has 0 aliphatic carbocycles. The van der Waals surface area contributed by atoms with Crippen molar-refractivity contribution in [1.29, 1.82) is 0 Å². The van der Waals surface area contributed by atoms with Crippen LogP contribution in [-0.4, -0.2) is 6.21 Å². The van der Waals surface area contributed by atoms with Crippen molar-refractivity contribution in [3.05, 3.63) is 77.0 Å². The van der Waals surface area contributed by atoms with Crippen molar-refractivity contribution in [3.8, 4) is 0 Å². The van der Waals surface area contributed by atoms with Gasteiger partial charge in [0.2, 0.25) is 0 Å². The zero-order valence-corrected chi connectivity index (χ0v) is 10.4. The molecule has 3 rings (SSSR count). The Bertz CT molecular complexity index is 618. The van der Waals surface area contributed by atoms with Crippen LogP contribution in [0.5, 0.6) is 0 Å². The molecule has 0 fully saturated rings. The van der Waals surface area contributed by atoms with E-state index in [1.54, 1.807) is 0 Å². The highest BCUT2D eigenvalue weighted by atomic mass is 14.7. The van der Waals surface area contributed by atoms with Crippen LogP contribution in [0.15, 0.2) is 59.7 Å². The van der Waals surface area contributed by atoms with Gasteiger partial charge in [-0.25, -0.2) is 0 Å². The van der Waals surface area contributed by atoms with Gasteiger partial charge < -0.3 is 0 Å². The van der Waals surface area contributed by atoms with E-state index in [1.807, 2.05) is 12.4 Å². The van der Waals surface area contributed by atoms with Crippen molar-refractivity contribution in [2.45, 2.75) is 13.3 Å². The van der Waals surface area contributed by atoms with Crippen LogP contribution in [0.1, 0.15) is 22.3 Å². The van der Waals surface area contributed by atoms with Crippen LogP contribution in [0.25, 0.3) is 5.57 Å². The standard InChI is InChI=1S/C17H15N/c1-13-6-8-14(9-7-13)17-10-15-4-2-3-5-16(15)11-18-12-17/h2-9,11-12H,10H2,1H3. The van der Waals surface area contributed by atoms with E-state index in [0.717, 1.165) is 6.42 Å². The summed E-state index contributed by atoms with van der Waals surface area (Å²) in [5.41, 5.74) is 6.38. The molecule has 2 aromatic rings. The maximum Gasteiger partial charge on any atom is 0.0343 e. The monoisotopic (exact) mass is 233 g/mol. The molecular formula is C17H15N. The van der Waals surface area contributed by atoms with E-state index in [-0.39, 0.29) is 0 Å². The number of hydrogen-bond acceptors (Lipinski definition) is 1. The van der Waals surface area contributed by atoms with Crippen LogP contribution in [0.3, 0.4) is 0 Å². The summed E-state index contributed by atoms with van der Waals surface area (Å²) in [5, 5.41) is 0. The summed E-state index contributed by atoms with van der Waals surface area (Å²) in [5.74, 6) is 0. The first kappa shape index (κ1) is 11.0. The van der Waals surface area contributed by atoms with E-state index in [2.05, 4.69) is 60.4 Å². The second-order valence-electron chi connectivity index (χ2n) is 4.67. The average Bonchev–Trinajstić information content (AvgIpc) is 2.61. The van der Waals surface area contributed by atoms with Crippen LogP contribution < -0.4 is 0 Å². The minimum atomic E-state index is 0.944. The van der Waals surface area contributed by atoms with Crippen molar-refractivity contribution in [3.63, 3.8) is 0 Å². The molecule has 0 saturated heterocycles. The van der Waals surface area contributed by atoms with E-state index >= 15 is 0 Å². The highest BCUT2D eigenvalue weighted by Gasteiger charge is 2.08. The van der Waals surface area contributed by atoms with Crippen LogP contribution in [0.2, 0.25) is 0 Å². The summed E-state index contributed by atoms with van der Waals surface area (Å²) in [7, 11) is 0. The minimum Gasteiger partial charge on any atom is -0.264 e. The number of rotatable bonds is 1. The Morgan fingerprint density at radius 3 is 2.56 bits per heavy atom. The Morgan fingerprint density at radius 1 is 0.944 bits per heavy atom. The molecule has 0 saturated carbocycles. The minimum absolute atomic E-state index is 0.944. The molecule has 0 radical (unpaired) electrons. The molecule has 0 unspecified atom stereocenters. The lowest BCUT2D eigenvalue weighted by Crippen LogP contribution is -1.93. The predicted octanol–water partition coefficient (Wildman–Crippen LogP) is 4.01. The number of allylic oxidation sites excluding steroid dienone is 1. The second-order valence-corrected chi connectivity index (χ2v) is 4.67. The highest BCUT2D eigenvalue weighted by Crippen LogP contribution is 2.23. The fourth-order valence-corrected chi connectivity index (χ4v) is 2.22. The van der Waals surface area contributed by atoms with E-state index in [4.69, 9.17) is 0 Å². The topological polar surface area (TPSA) is 12.4 Å². The summed E-state index contributed by atoms with van der Waals surface area (Å²) in [4.78, 5) is 4.41. The third kappa shape index (κ3) is 2.12. The van der Waals surface area contributed by atoms with Crippen LogP contribution >= 0.6 is 0 Å². The first-order chi connectivity index (χ1) is 8.83. The van der Waals surface area contributed by atoms with E-state index in [9.17, 15) is 0 Å². The van der Waals surface area contributed by atoms with Gasteiger partial charge in [0.15, 0.2) is 0 Å². The lowest BCUT2D eigenvalue weighted by atomic mass is 9.96. The first-order valence-electron chi connectivity index (χ1n) is 6.20. The van der Waals surface area contributed by atoms with Gasteiger partial charge in [-0.05, 0) is 29.2 Å². The number of benzene rings is 2. The van der Waals surface area contributed by atoms with E-state index in [0.29, 0.717) is 0 Å². The third-order valence-electron chi connectivity index (χ3n) is 3.30. The molecule has 18 heavy (non-hydrogen) atoms. The Hall–Kier alpha value is -2.15. The molecule has 88 valence electrons. The summed E-state index contributed by atoms with van der Waals surface area (Å²) in [6.45, 7) is 2.11. The molecule has 1 heteroatoms. The fraction of sp³-hybridized carbons (Fsp3) is 0.118. The normalized spacial score (nSPS) is 13.7. The summed E-state index contributed by atoms with van der Waals surface area (Å²) in [6, 6.07) is 17.1. The average molecular weight is 233 g/mol. The van der Waals surface area contributed by atoms with Crippen LogP contribution in [0, 0.1) is 6.92 Å². The van der Waals surface area contributed by atoms with Gasteiger partial charge in [0.05, 0.1) is 0 Å². The molecule has 0 spiro atoms. The van der Waals surface area contributed by atoms with E-state index < -0.39 is 0 Å². The van der Waals surface area contributed by atoms with Gasteiger partial charge in [-0.15, -0.1) is 0 Å². The summed E-state index contributed by atoms with van der Waals surface area (Å²) >= 11 is 0. The molecule has 0 aromatic heterocycles. The van der Waals surface area contributed by atoms with Crippen molar-refractivity contribution < 1.29 is 0 Å². The van der Waals surface area contributed by atoms with Gasteiger partial charge in [0.1, 0.15) is 0 Å². The largest absolute Gasteiger partial charge is 0.264 e. The molecule has 2 aromatic carbocycles. The van der Waals surface area contributed by atoms with Gasteiger partial charge in [-0.1, -0.05) is 54.1 Å². The smallest absolute Gasteiger partial charge is 0.0343 e. The Kier molecular flexibility index (Phi) is 2.81. The molecule has 0 amide bonds. The molecule has 1 aliphatic rings.